The number of morpholine rings is 1. The van der Waals surface area contributed by atoms with Crippen LogP contribution < -0.4 is 0 Å². The summed E-state index contributed by atoms with van der Waals surface area (Å²) in [7, 11) is 1.26. The largest absolute Gasteiger partial charge is 0.463 e. The zero-order valence-corrected chi connectivity index (χ0v) is 18.8. The third kappa shape index (κ3) is 4.68. The van der Waals surface area contributed by atoms with Gasteiger partial charge in [0.05, 0.1) is 37.6 Å². The minimum absolute atomic E-state index is 0.0955. The van der Waals surface area contributed by atoms with Crippen LogP contribution in [0.5, 0.6) is 0 Å². The van der Waals surface area contributed by atoms with Gasteiger partial charge in [-0.1, -0.05) is 35.3 Å². The van der Waals surface area contributed by atoms with Crippen LogP contribution in [-0.4, -0.2) is 64.8 Å². The Labute approximate surface area is 194 Å². The Kier molecular flexibility index (Phi) is 6.86. The summed E-state index contributed by atoms with van der Waals surface area (Å²) < 4.78 is 11.7. The minimum atomic E-state index is -0.667. The van der Waals surface area contributed by atoms with E-state index < -0.39 is 5.97 Å². The SMILES string of the molecule is COC(=O)c1nc(CN2CCOCC2)n(-c2ccc(Cl)cc2C(=O)c2ccccc2Cl)n1. The Bertz CT molecular complexity index is 1160. The molecule has 2 aromatic carbocycles. The van der Waals surface area contributed by atoms with E-state index in [0.717, 1.165) is 0 Å². The Morgan fingerprint density at radius 1 is 1.09 bits per heavy atom. The normalized spacial score (nSPS) is 14.3. The molecule has 0 amide bonds. The lowest BCUT2D eigenvalue weighted by Crippen LogP contribution is -2.36. The summed E-state index contributed by atoms with van der Waals surface area (Å²) in [4.78, 5) is 32.1. The number of benzene rings is 2. The van der Waals surface area contributed by atoms with E-state index in [1.807, 2.05) is 0 Å². The number of carbonyl (C=O) groups is 2. The Morgan fingerprint density at radius 2 is 1.84 bits per heavy atom. The van der Waals surface area contributed by atoms with E-state index in [4.69, 9.17) is 32.7 Å². The molecular weight excluding hydrogens is 455 g/mol. The molecular formula is C22H20Cl2N4O4. The second-order valence-electron chi connectivity index (χ2n) is 7.11. The third-order valence-electron chi connectivity index (χ3n) is 5.06. The summed E-state index contributed by atoms with van der Waals surface area (Å²) in [6, 6.07) is 11.7. The van der Waals surface area contributed by atoms with Crippen LogP contribution in [0.25, 0.3) is 5.69 Å². The standard InChI is InChI=1S/C22H20Cl2N4O4/c1-31-22(30)21-25-19(13-27-8-10-32-11-9-27)28(26-21)18-7-6-14(23)12-16(18)20(29)15-4-2-3-5-17(15)24/h2-7,12H,8-11,13H2,1H3. The van der Waals surface area contributed by atoms with Crippen molar-refractivity contribution >= 4 is 35.0 Å². The number of carbonyl (C=O) groups excluding carboxylic acids is 2. The highest BCUT2D eigenvalue weighted by Crippen LogP contribution is 2.26. The predicted molar refractivity (Wildman–Crippen MR) is 119 cm³/mol. The molecule has 166 valence electrons. The van der Waals surface area contributed by atoms with Crippen LogP contribution in [0.2, 0.25) is 10.0 Å². The fraction of sp³-hybridized carbons (Fsp3) is 0.273. The summed E-state index contributed by atoms with van der Waals surface area (Å²) in [6.45, 7) is 3.05. The van der Waals surface area contributed by atoms with E-state index in [0.29, 0.717) is 60.0 Å². The van der Waals surface area contributed by atoms with Gasteiger partial charge in [0.2, 0.25) is 0 Å². The van der Waals surface area contributed by atoms with Crippen molar-refractivity contribution in [2.45, 2.75) is 6.54 Å². The number of esters is 1. The van der Waals surface area contributed by atoms with Crippen molar-refractivity contribution in [2.24, 2.45) is 0 Å². The average molecular weight is 475 g/mol. The molecule has 1 aliphatic rings. The van der Waals surface area contributed by atoms with E-state index in [1.165, 1.54) is 11.8 Å². The molecule has 1 fully saturated rings. The summed E-state index contributed by atoms with van der Waals surface area (Å²) >= 11 is 12.5. The lowest BCUT2D eigenvalue weighted by Gasteiger charge is -2.26. The summed E-state index contributed by atoms with van der Waals surface area (Å²) in [6.07, 6.45) is 0. The molecule has 8 nitrogen and oxygen atoms in total. The summed E-state index contributed by atoms with van der Waals surface area (Å²) in [5, 5.41) is 5.06. The van der Waals surface area contributed by atoms with E-state index in [-0.39, 0.29) is 17.2 Å². The van der Waals surface area contributed by atoms with Crippen molar-refractivity contribution in [3.63, 3.8) is 0 Å². The molecule has 0 spiro atoms. The second-order valence-corrected chi connectivity index (χ2v) is 7.96. The lowest BCUT2D eigenvalue weighted by molar-refractivity contribution is 0.0327. The van der Waals surface area contributed by atoms with Crippen molar-refractivity contribution in [3.8, 4) is 5.69 Å². The van der Waals surface area contributed by atoms with Gasteiger partial charge in [0, 0.05) is 29.2 Å². The molecule has 0 atom stereocenters. The maximum Gasteiger partial charge on any atom is 0.377 e. The van der Waals surface area contributed by atoms with Crippen LogP contribution >= 0.6 is 23.2 Å². The van der Waals surface area contributed by atoms with Crippen LogP contribution in [-0.2, 0) is 16.0 Å². The highest BCUT2D eigenvalue weighted by molar-refractivity contribution is 6.35. The van der Waals surface area contributed by atoms with Crippen LogP contribution in [0, 0.1) is 0 Å². The third-order valence-corrected chi connectivity index (χ3v) is 5.63. The molecule has 0 saturated carbocycles. The number of halogens is 2. The molecule has 32 heavy (non-hydrogen) atoms. The first-order valence-electron chi connectivity index (χ1n) is 9.91. The van der Waals surface area contributed by atoms with Gasteiger partial charge in [-0.15, -0.1) is 5.10 Å². The van der Waals surface area contributed by atoms with Crippen molar-refractivity contribution < 1.29 is 19.1 Å². The molecule has 10 heteroatoms. The quantitative estimate of drug-likeness (QED) is 0.399. The zero-order valence-electron chi connectivity index (χ0n) is 17.3. The maximum absolute atomic E-state index is 13.4. The molecule has 0 radical (unpaired) electrons. The Balaban J connectivity index is 1.82. The van der Waals surface area contributed by atoms with Gasteiger partial charge in [-0.3, -0.25) is 9.69 Å². The van der Waals surface area contributed by atoms with Gasteiger partial charge in [-0.2, -0.15) is 0 Å². The van der Waals surface area contributed by atoms with Gasteiger partial charge in [0.1, 0.15) is 5.82 Å². The molecule has 2 heterocycles. The highest BCUT2D eigenvalue weighted by atomic mass is 35.5. The molecule has 3 aromatic rings. The molecule has 1 saturated heterocycles. The lowest BCUT2D eigenvalue weighted by atomic mass is 10.0. The smallest absolute Gasteiger partial charge is 0.377 e. The molecule has 0 aliphatic carbocycles. The van der Waals surface area contributed by atoms with Gasteiger partial charge in [0.25, 0.3) is 5.82 Å². The molecule has 1 aromatic heterocycles. The van der Waals surface area contributed by atoms with Crippen molar-refractivity contribution in [2.75, 3.05) is 33.4 Å². The minimum Gasteiger partial charge on any atom is -0.463 e. The summed E-state index contributed by atoms with van der Waals surface area (Å²) in [5.41, 5.74) is 1.06. The molecule has 0 bridgehead atoms. The van der Waals surface area contributed by atoms with Crippen molar-refractivity contribution in [3.05, 3.63) is 75.3 Å². The van der Waals surface area contributed by atoms with Gasteiger partial charge >= 0.3 is 5.97 Å². The molecule has 0 N–H and O–H groups in total. The number of nitrogens with zero attached hydrogens (tertiary/aromatic N) is 4. The van der Waals surface area contributed by atoms with Gasteiger partial charge in [-0.25, -0.2) is 14.5 Å². The van der Waals surface area contributed by atoms with Crippen LogP contribution in [0.3, 0.4) is 0 Å². The molecule has 0 unspecified atom stereocenters. The van der Waals surface area contributed by atoms with E-state index in [2.05, 4.69) is 15.0 Å². The van der Waals surface area contributed by atoms with Crippen molar-refractivity contribution in [1.82, 2.24) is 19.7 Å². The average Bonchev–Trinajstić information content (AvgIpc) is 3.22. The number of rotatable bonds is 6. The topological polar surface area (TPSA) is 86.5 Å². The predicted octanol–water partition coefficient (Wildman–Crippen LogP) is 3.42. The number of ether oxygens (including phenoxy) is 2. The first-order valence-corrected chi connectivity index (χ1v) is 10.7. The van der Waals surface area contributed by atoms with E-state index in [1.54, 1.807) is 42.5 Å². The van der Waals surface area contributed by atoms with E-state index in [9.17, 15) is 9.59 Å². The number of hydrogen-bond donors (Lipinski definition) is 0. The molecule has 1 aliphatic heterocycles. The highest BCUT2D eigenvalue weighted by Gasteiger charge is 2.25. The first kappa shape index (κ1) is 22.4. The van der Waals surface area contributed by atoms with Gasteiger partial charge < -0.3 is 9.47 Å². The fourth-order valence-electron chi connectivity index (χ4n) is 3.44. The van der Waals surface area contributed by atoms with Gasteiger partial charge in [0.15, 0.2) is 5.78 Å². The van der Waals surface area contributed by atoms with Crippen molar-refractivity contribution in [1.29, 1.82) is 0 Å². The Morgan fingerprint density at radius 3 is 2.56 bits per heavy atom. The Hall–Kier alpha value is -2.78. The molecule has 4 rings (SSSR count). The number of methoxy groups -OCH3 is 1. The number of hydrogen-bond acceptors (Lipinski definition) is 7. The van der Waals surface area contributed by atoms with Crippen LogP contribution in [0.15, 0.2) is 42.5 Å². The fourth-order valence-corrected chi connectivity index (χ4v) is 3.84. The zero-order chi connectivity index (χ0) is 22.7. The monoisotopic (exact) mass is 474 g/mol. The number of aromatic nitrogens is 3. The first-order chi connectivity index (χ1) is 15.5. The van der Waals surface area contributed by atoms with Crippen LogP contribution in [0.4, 0.5) is 0 Å². The van der Waals surface area contributed by atoms with E-state index >= 15 is 0 Å². The van der Waals surface area contributed by atoms with Gasteiger partial charge in [-0.05, 0) is 30.3 Å². The summed E-state index contributed by atoms with van der Waals surface area (Å²) in [5.74, 6) is -0.592. The number of ketones is 1. The van der Waals surface area contributed by atoms with Crippen LogP contribution in [0.1, 0.15) is 32.4 Å². The maximum atomic E-state index is 13.4. The second kappa shape index (κ2) is 9.79.